The number of pyridine rings is 2. The molecule has 108 heavy (non-hydrogen) atoms. The molecule has 8 nitrogen and oxygen atoms in total. The van der Waals surface area contributed by atoms with Gasteiger partial charge in [0.2, 0.25) is 0 Å². The van der Waals surface area contributed by atoms with Crippen molar-refractivity contribution in [3.63, 3.8) is 0 Å². The number of benzene rings is 12. The Bertz CT molecular complexity index is 5780. The maximum absolute atomic E-state index is 7.75. The van der Waals surface area contributed by atoms with E-state index in [0.717, 1.165) is 90.5 Å². The Balaban J connectivity index is 0.000000158. The van der Waals surface area contributed by atoms with Gasteiger partial charge in [-0.2, -0.15) is 0 Å². The summed E-state index contributed by atoms with van der Waals surface area (Å²) < 4.78 is 2.39. The van der Waals surface area contributed by atoms with Gasteiger partial charge in [0.25, 0.3) is 6.71 Å². The summed E-state index contributed by atoms with van der Waals surface area (Å²) in [6, 6.07) is 113. The van der Waals surface area contributed by atoms with Gasteiger partial charge in [-0.3, -0.25) is 9.97 Å². The van der Waals surface area contributed by atoms with Crippen molar-refractivity contribution in [3.8, 4) is 43.7 Å². The highest BCUT2D eigenvalue weighted by atomic mass is 35.5. The van der Waals surface area contributed by atoms with Crippen molar-refractivity contribution in [2.24, 2.45) is 0 Å². The summed E-state index contributed by atoms with van der Waals surface area (Å²) in [5, 5.41) is 2.75. The number of nitrogens with zero attached hydrogens (tertiary/aromatic N) is 8. The standard InChI is InChI=1S/C48H39BN4S.C48H41ClN4S/c1-48(2,3)36-28-43-46-44(29-36)53(31-33-16-8-5-9-17-33)42-24-22-35(47-51-40-19-10-11-20-45(40)54-47)27-38(42)49(46)37-26-34(39-18-12-13-25-50-39)21-23-41(37)52(43)30-32-14-6-4-7-15-32;1-48(2,3)38-30-43(52(32-34-14-6-4-7-15-34)39-25-21-36(22-26-39)41-18-12-13-29-50-41)46(49)44(31-38)53(33-35-16-8-5-9-17-35)40-27-23-37(24-28-40)47-51-42-19-10-11-20-45(42)54-47/h4-29H,30-31H2,1-3H3;4-31H,32-33H2,1-3H3. The van der Waals surface area contributed by atoms with Crippen LogP contribution in [0, 0.1) is 0 Å². The van der Waals surface area contributed by atoms with E-state index in [0.29, 0.717) is 18.1 Å². The highest BCUT2D eigenvalue weighted by Crippen LogP contribution is 2.48. The molecular formula is C96H80BClN8S2. The van der Waals surface area contributed by atoms with Crippen LogP contribution in [0.1, 0.15) is 74.9 Å². The van der Waals surface area contributed by atoms with Crippen molar-refractivity contribution in [1.82, 2.24) is 19.9 Å². The molecule has 0 atom stereocenters. The minimum Gasteiger partial charge on any atom is -0.338 e. The van der Waals surface area contributed by atoms with E-state index >= 15 is 0 Å². The quantitative estimate of drug-likeness (QED) is 0.0887. The number of para-hydroxylation sites is 2. The lowest BCUT2D eigenvalue weighted by Crippen LogP contribution is -2.62. The summed E-state index contributed by atoms with van der Waals surface area (Å²) in [6.45, 7) is 16.6. The molecule has 2 aliphatic rings. The fourth-order valence-electron chi connectivity index (χ4n) is 15.0. The van der Waals surface area contributed by atoms with Gasteiger partial charge in [0.15, 0.2) is 0 Å². The lowest BCUT2D eigenvalue weighted by Gasteiger charge is -2.45. The van der Waals surface area contributed by atoms with Crippen molar-refractivity contribution >= 4 is 123 Å². The molecule has 0 saturated carbocycles. The van der Waals surface area contributed by atoms with E-state index in [1.165, 1.54) is 81.9 Å². The van der Waals surface area contributed by atoms with E-state index in [9.17, 15) is 0 Å². The number of thiazole rings is 2. The first-order valence-corrected chi connectivity index (χ1v) is 39.0. The van der Waals surface area contributed by atoms with Gasteiger partial charge < -0.3 is 19.6 Å². The molecule has 0 radical (unpaired) electrons. The van der Waals surface area contributed by atoms with Gasteiger partial charge in [0.1, 0.15) is 10.0 Å². The van der Waals surface area contributed by atoms with Crippen molar-refractivity contribution in [2.75, 3.05) is 19.6 Å². The van der Waals surface area contributed by atoms with Crippen LogP contribution in [0.4, 0.5) is 45.5 Å². The summed E-state index contributed by atoms with van der Waals surface area (Å²) in [7, 11) is 0. The average Bonchev–Trinajstić information content (AvgIpc) is 0.732. The third kappa shape index (κ3) is 14.2. The number of hydrogen-bond acceptors (Lipinski definition) is 10. The molecule has 16 aromatic rings. The highest BCUT2D eigenvalue weighted by molar-refractivity contribution is 7.22. The molecule has 2 aliphatic heterocycles. The average molecular weight is 1460 g/mol. The van der Waals surface area contributed by atoms with Gasteiger partial charge in [-0.1, -0.05) is 241 Å². The predicted molar refractivity (Wildman–Crippen MR) is 459 cm³/mol. The molecule has 18 rings (SSSR count). The van der Waals surface area contributed by atoms with Crippen molar-refractivity contribution in [3.05, 3.63) is 366 Å². The predicted octanol–water partition coefficient (Wildman–Crippen LogP) is 23.8. The van der Waals surface area contributed by atoms with Crippen molar-refractivity contribution in [2.45, 2.75) is 78.6 Å². The Labute approximate surface area is 646 Å². The first-order chi connectivity index (χ1) is 52.7. The largest absolute Gasteiger partial charge is 0.338 e. The lowest BCUT2D eigenvalue weighted by molar-refractivity contribution is 0.590. The number of rotatable bonds is 16. The number of hydrogen-bond donors (Lipinski definition) is 0. The Morgan fingerprint density at radius 3 is 1.19 bits per heavy atom. The number of anilines is 8. The van der Waals surface area contributed by atoms with E-state index in [2.05, 4.69) is 351 Å². The zero-order valence-corrected chi connectivity index (χ0v) is 63.7. The molecule has 12 aromatic carbocycles. The van der Waals surface area contributed by atoms with Gasteiger partial charge in [0.05, 0.1) is 48.2 Å². The third-order valence-corrected chi connectivity index (χ3v) is 23.3. The summed E-state index contributed by atoms with van der Waals surface area (Å²) in [5.74, 6) is 0. The first-order valence-electron chi connectivity index (χ1n) is 37.0. The normalized spacial score (nSPS) is 12.3. The molecule has 0 aliphatic carbocycles. The zero-order chi connectivity index (χ0) is 73.5. The molecule has 4 aromatic heterocycles. The van der Waals surface area contributed by atoms with E-state index in [-0.39, 0.29) is 17.5 Å². The Morgan fingerprint density at radius 1 is 0.361 bits per heavy atom. The van der Waals surface area contributed by atoms with Crippen LogP contribution in [0.2, 0.25) is 5.02 Å². The topological polar surface area (TPSA) is 64.5 Å². The van der Waals surface area contributed by atoms with Gasteiger partial charge in [0, 0.05) is 89.4 Å². The SMILES string of the molecule is CC(C)(C)c1cc(N(Cc2ccccc2)c2ccc(-c3ccccn3)cc2)c(Cl)c(N(Cc2ccccc2)c2ccc(-c3nc4ccccc4s3)cc2)c1.CC(C)(C)c1cc2c3c(c1)N(Cc1ccccc1)c1ccc(-c4nc5ccccc5s4)cc1B3c1cc(-c3ccccn3)ccc1N2Cc1ccccc1. The van der Waals surface area contributed by atoms with Gasteiger partial charge in [-0.15, -0.1) is 22.7 Å². The maximum Gasteiger partial charge on any atom is 0.252 e. The van der Waals surface area contributed by atoms with E-state index < -0.39 is 0 Å². The maximum atomic E-state index is 7.75. The van der Waals surface area contributed by atoms with Crippen LogP contribution < -0.4 is 36.0 Å². The van der Waals surface area contributed by atoms with Crippen LogP contribution >= 0.6 is 34.3 Å². The molecule has 526 valence electrons. The second kappa shape index (κ2) is 29.6. The Kier molecular flexibility index (Phi) is 19.0. The smallest absolute Gasteiger partial charge is 0.252 e. The van der Waals surface area contributed by atoms with E-state index in [1.807, 2.05) is 42.7 Å². The second-order valence-corrected chi connectivity index (χ2v) is 32.5. The van der Waals surface area contributed by atoms with Gasteiger partial charge >= 0.3 is 0 Å². The van der Waals surface area contributed by atoms with E-state index in [1.54, 1.807) is 22.7 Å². The van der Waals surface area contributed by atoms with Crippen LogP contribution in [0.25, 0.3) is 64.1 Å². The van der Waals surface area contributed by atoms with Crippen LogP contribution in [0.3, 0.4) is 0 Å². The molecule has 0 unspecified atom stereocenters. The number of fused-ring (bicyclic) bond motifs is 6. The zero-order valence-electron chi connectivity index (χ0n) is 61.4. The number of halogens is 1. The first kappa shape index (κ1) is 69.3. The highest BCUT2D eigenvalue weighted by Gasteiger charge is 2.44. The summed E-state index contributed by atoms with van der Waals surface area (Å²) >= 11 is 11.2. The summed E-state index contributed by atoms with van der Waals surface area (Å²) in [6.07, 6.45) is 3.72. The summed E-state index contributed by atoms with van der Waals surface area (Å²) in [4.78, 5) is 29.3. The third-order valence-electron chi connectivity index (χ3n) is 20.7. The summed E-state index contributed by atoms with van der Waals surface area (Å²) in [5.41, 5.74) is 28.7. The molecule has 0 fully saturated rings. The molecule has 0 saturated heterocycles. The minimum atomic E-state index is -0.148. The fraction of sp³-hybridized carbons (Fsp3) is 0.125. The molecular weight excluding hydrogens is 1380 g/mol. The molecule has 0 spiro atoms. The van der Waals surface area contributed by atoms with Crippen LogP contribution in [0.15, 0.2) is 328 Å². The van der Waals surface area contributed by atoms with Crippen molar-refractivity contribution < 1.29 is 0 Å². The molecule has 0 bridgehead atoms. The van der Waals surface area contributed by atoms with Crippen molar-refractivity contribution in [1.29, 1.82) is 0 Å². The minimum absolute atomic E-state index is 0.00561. The Hall–Kier alpha value is -11.7. The molecule has 0 amide bonds. The molecule has 12 heteroatoms. The van der Waals surface area contributed by atoms with Crippen LogP contribution in [0.5, 0.6) is 0 Å². The van der Waals surface area contributed by atoms with Gasteiger partial charge in [-0.05, 0) is 194 Å². The fourth-order valence-corrected chi connectivity index (χ4v) is 17.2. The molecule has 0 N–H and O–H groups in total. The van der Waals surface area contributed by atoms with Gasteiger partial charge in [-0.25, -0.2) is 9.97 Å². The van der Waals surface area contributed by atoms with Crippen LogP contribution in [-0.4, -0.2) is 26.6 Å². The number of aromatic nitrogens is 4. The Morgan fingerprint density at radius 2 is 0.741 bits per heavy atom. The monoisotopic (exact) mass is 1450 g/mol. The second-order valence-electron chi connectivity index (χ2n) is 30.0. The van der Waals surface area contributed by atoms with Crippen LogP contribution in [-0.2, 0) is 37.0 Å². The van der Waals surface area contributed by atoms with E-state index in [4.69, 9.17) is 26.6 Å². The molecule has 6 heterocycles. The lowest BCUT2D eigenvalue weighted by atomic mass is 9.33.